The van der Waals surface area contributed by atoms with Crippen molar-refractivity contribution in [3.63, 3.8) is 0 Å². The summed E-state index contributed by atoms with van der Waals surface area (Å²) < 4.78 is 26.3. The van der Waals surface area contributed by atoms with E-state index in [0.29, 0.717) is 5.88 Å². The van der Waals surface area contributed by atoms with E-state index in [1.165, 1.54) is 4.31 Å². The summed E-state index contributed by atoms with van der Waals surface area (Å²) in [6, 6.07) is 7.40. The van der Waals surface area contributed by atoms with E-state index in [1.54, 1.807) is 7.05 Å². The Bertz CT molecular complexity index is 526. The maximum atomic E-state index is 12.4. The first-order valence-corrected chi connectivity index (χ1v) is 8.48. The Labute approximate surface area is 121 Å². The largest absolute Gasteiger partial charge is 0.218 e. The molecule has 0 atom stereocenters. The van der Waals surface area contributed by atoms with Crippen molar-refractivity contribution in [1.82, 2.24) is 4.31 Å². The standard InChI is InChI=1S/C14H22ClNO2S/c1-5-14(2,3)16(4)19(17,18)11-13-8-6-7-12(9-13)10-15/h6-9H,5,10-11H2,1-4H3. The zero-order valence-electron chi connectivity index (χ0n) is 12.0. The van der Waals surface area contributed by atoms with E-state index in [0.717, 1.165) is 17.5 Å². The minimum Gasteiger partial charge on any atom is -0.212 e. The molecule has 0 bridgehead atoms. The van der Waals surface area contributed by atoms with Gasteiger partial charge in [-0.15, -0.1) is 11.6 Å². The van der Waals surface area contributed by atoms with Gasteiger partial charge in [-0.1, -0.05) is 31.2 Å². The highest BCUT2D eigenvalue weighted by molar-refractivity contribution is 7.88. The molecule has 0 aliphatic rings. The van der Waals surface area contributed by atoms with E-state index in [4.69, 9.17) is 11.6 Å². The summed E-state index contributed by atoms with van der Waals surface area (Å²) in [6.07, 6.45) is 0.768. The second-order valence-electron chi connectivity index (χ2n) is 5.34. The zero-order valence-corrected chi connectivity index (χ0v) is 13.6. The predicted octanol–water partition coefficient (Wildman–Crippen LogP) is 3.38. The molecule has 0 saturated carbocycles. The molecule has 0 aliphatic carbocycles. The summed E-state index contributed by atoms with van der Waals surface area (Å²) in [4.78, 5) is 0. The fourth-order valence-electron chi connectivity index (χ4n) is 1.71. The highest BCUT2D eigenvalue weighted by Gasteiger charge is 2.31. The van der Waals surface area contributed by atoms with Gasteiger partial charge in [0.05, 0.1) is 5.75 Å². The van der Waals surface area contributed by atoms with Gasteiger partial charge in [0.15, 0.2) is 0 Å². The first-order valence-electron chi connectivity index (χ1n) is 6.33. The molecule has 0 aromatic heterocycles. The van der Waals surface area contributed by atoms with Gasteiger partial charge in [0.1, 0.15) is 0 Å². The van der Waals surface area contributed by atoms with Crippen LogP contribution in [0, 0.1) is 0 Å². The molecule has 0 aliphatic heterocycles. The molecule has 0 saturated heterocycles. The van der Waals surface area contributed by atoms with Crippen LogP contribution < -0.4 is 0 Å². The number of sulfonamides is 1. The molecule has 19 heavy (non-hydrogen) atoms. The molecule has 1 aromatic rings. The monoisotopic (exact) mass is 303 g/mol. The van der Waals surface area contributed by atoms with Crippen LogP contribution in [-0.4, -0.2) is 25.3 Å². The highest BCUT2D eigenvalue weighted by Crippen LogP contribution is 2.23. The van der Waals surface area contributed by atoms with Crippen LogP contribution >= 0.6 is 11.6 Å². The highest BCUT2D eigenvalue weighted by atomic mass is 35.5. The second-order valence-corrected chi connectivity index (χ2v) is 7.61. The molecule has 0 fully saturated rings. The van der Waals surface area contributed by atoms with Crippen molar-refractivity contribution in [3.8, 4) is 0 Å². The van der Waals surface area contributed by atoms with E-state index in [2.05, 4.69) is 0 Å². The van der Waals surface area contributed by atoms with Crippen molar-refractivity contribution in [2.24, 2.45) is 0 Å². The molecule has 1 rings (SSSR count). The molecule has 1 aromatic carbocycles. The van der Waals surface area contributed by atoms with E-state index in [1.807, 2.05) is 45.0 Å². The summed E-state index contributed by atoms with van der Waals surface area (Å²) in [5.41, 5.74) is 1.34. The normalized spacial score (nSPS) is 12.9. The molecule has 0 N–H and O–H groups in total. The molecule has 3 nitrogen and oxygen atoms in total. The molecule has 0 unspecified atom stereocenters. The molecule has 0 heterocycles. The molecule has 0 amide bonds. The van der Waals surface area contributed by atoms with Crippen LogP contribution in [0.5, 0.6) is 0 Å². The fourth-order valence-corrected chi connectivity index (χ4v) is 3.55. The average molecular weight is 304 g/mol. The Kier molecular flexibility index (Phi) is 5.42. The van der Waals surface area contributed by atoms with Crippen LogP contribution in [0.4, 0.5) is 0 Å². The number of hydrogen-bond donors (Lipinski definition) is 0. The van der Waals surface area contributed by atoms with E-state index in [-0.39, 0.29) is 11.3 Å². The third kappa shape index (κ3) is 4.20. The molecular formula is C14H22ClNO2S. The van der Waals surface area contributed by atoms with Crippen molar-refractivity contribution in [1.29, 1.82) is 0 Å². The minimum atomic E-state index is -3.32. The van der Waals surface area contributed by atoms with Crippen molar-refractivity contribution < 1.29 is 8.42 Å². The van der Waals surface area contributed by atoms with Crippen LogP contribution in [0.15, 0.2) is 24.3 Å². The van der Waals surface area contributed by atoms with Gasteiger partial charge >= 0.3 is 0 Å². The number of halogens is 1. The third-order valence-electron chi connectivity index (χ3n) is 3.63. The van der Waals surface area contributed by atoms with E-state index < -0.39 is 10.0 Å². The first kappa shape index (κ1) is 16.5. The number of nitrogens with zero attached hydrogens (tertiary/aromatic N) is 1. The molecular weight excluding hydrogens is 282 g/mol. The van der Waals surface area contributed by atoms with E-state index >= 15 is 0 Å². The van der Waals surface area contributed by atoms with Crippen molar-refractivity contribution >= 4 is 21.6 Å². The maximum absolute atomic E-state index is 12.4. The van der Waals surface area contributed by atoms with Gasteiger partial charge in [-0.25, -0.2) is 8.42 Å². The van der Waals surface area contributed by atoms with Crippen molar-refractivity contribution in [2.75, 3.05) is 7.05 Å². The number of hydrogen-bond acceptors (Lipinski definition) is 2. The number of alkyl halides is 1. The van der Waals surface area contributed by atoms with Gasteiger partial charge in [0.2, 0.25) is 10.0 Å². The van der Waals surface area contributed by atoms with Crippen molar-refractivity contribution in [2.45, 2.75) is 44.4 Å². The summed E-state index contributed by atoms with van der Waals surface area (Å²) >= 11 is 5.77. The lowest BCUT2D eigenvalue weighted by Crippen LogP contribution is -2.44. The third-order valence-corrected chi connectivity index (χ3v) is 5.97. The van der Waals surface area contributed by atoms with Crippen molar-refractivity contribution in [3.05, 3.63) is 35.4 Å². The van der Waals surface area contributed by atoms with Gasteiger partial charge in [-0.05, 0) is 31.4 Å². The second kappa shape index (κ2) is 6.25. The summed E-state index contributed by atoms with van der Waals surface area (Å²) in [7, 11) is -1.67. The van der Waals surface area contributed by atoms with Gasteiger partial charge in [-0.3, -0.25) is 0 Å². The minimum absolute atomic E-state index is 0.0116. The Morgan fingerprint density at radius 1 is 1.26 bits per heavy atom. The molecule has 0 radical (unpaired) electrons. The lowest BCUT2D eigenvalue weighted by molar-refractivity contribution is 0.257. The predicted molar refractivity (Wildman–Crippen MR) is 80.8 cm³/mol. The molecule has 0 spiro atoms. The summed E-state index contributed by atoms with van der Waals surface area (Å²) in [5.74, 6) is 0.405. The lowest BCUT2D eigenvalue weighted by Gasteiger charge is -2.33. The Hall–Kier alpha value is -0.580. The molecule has 5 heteroatoms. The van der Waals surface area contributed by atoms with Crippen LogP contribution in [0.2, 0.25) is 0 Å². The average Bonchev–Trinajstić information content (AvgIpc) is 2.37. The maximum Gasteiger partial charge on any atom is 0.218 e. The molecule has 108 valence electrons. The smallest absolute Gasteiger partial charge is 0.212 e. The SMILES string of the molecule is CCC(C)(C)N(C)S(=O)(=O)Cc1cccc(CCl)c1. The topological polar surface area (TPSA) is 37.4 Å². The van der Waals surface area contributed by atoms with Crippen LogP contribution in [0.25, 0.3) is 0 Å². The van der Waals surface area contributed by atoms with Gasteiger partial charge in [0, 0.05) is 18.5 Å². The lowest BCUT2D eigenvalue weighted by atomic mass is 10.0. The Morgan fingerprint density at radius 3 is 2.37 bits per heavy atom. The van der Waals surface area contributed by atoms with E-state index in [9.17, 15) is 8.42 Å². The quantitative estimate of drug-likeness (QED) is 0.756. The Morgan fingerprint density at radius 2 is 1.84 bits per heavy atom. The van der Waals surface area contributed by atoms with Crippen LogP contribution in [0.3, 0.4) is 0 Å². The fraction of sp³-hybridized carbons (Fsp3) is 0.571. The van der Waals surface area contributed by atoms with Crippen LogP contribution in [-0.2, 0) is 21.7 Å². The Balaban J connectivity index is 2.96. The van der Waals surface area contributed by atoms with Gasteiger partial charge in [-0.2, -0.15) is 4.31 Å². The number of benzene rings is 1. The van der Waals surface area contributed by atoms with Gasteiger partial charge in [0.25, 0.3) is 0 Å². The number of rotatable bonds is 6. The van der Waals surface area contributed by atoms with Gasteiger partial charge < -0.3 is 0 Å². The zero-order chi connectivity index (χ0) is 14.7. The summed E-state index contributed by atoms with van der Waals surface area (Å²) in [6.45, 7) is 5.85. The van der Waals surface area contributed by atoms with Crippen LogP contribution in [0.1, 0.15) is 38.3 Å². The first-order chi connectivity index (χ1) is 8.73. The summed E-state index contributed by atoms with van der Waals surface area (Å²) in [5, 5.41) is 0.